The lowest BCUT2D eigenvalue weighted by Gasteiger charge is -2.08. The molecule has 0 radical (unpaired) electrons. The summed E-state index contributed by atoms with van der Waals surface area (Å²) in [5, 5.41) is 18.6. The number of thiazole rings is 1. The molecule has 0 aliphatic rings. The molecule has 0 spiro atoms. The monoisotopic (exact) mass is 519 g/mol. The first kappa shape index (κ1) is 25.1. The van der Waals surface area contributed by atoms with Crippen LogP contribution in [0, 0.1) is 20.8 Å². The summed E-state index contributed by atoms with van der Waals surface area (Å²) in [6.45, 7) is 7.97. The minimum atomic E-state index is 0.539. The summed E-state index contributed by atoms with van der Waals surface area (Å²) >= 11 is 1.35. The smallest absolute Gasteiger partial charge is 0.231 e. The molecule has 5 rings (SSSR count). The minimum Gasteiger partial charge on any atom is -0.358 e. The fourth-order valence-electron chi connectivity index (χ4n) is 4.29. The number of nitrogens with zero attached hydrogens (tertiary/aromatic N) is 5. The molecule has 0 bridgehead atoms. The maximum atomic E-state index is 6.30. The normalized spacial score (nSPS) is 12.5. The van der Waals surface area contributed by atoms with Crippen LogP contribution in [0.5, 0.6) is 0 Å². The summed E-state index contributed by atoms with van der Waals surface area (Å²) in [6.07, 6.45) is 0. The standard InChI is InChI=1S/C30H29N7S/c1-19-15-17-25(18-16-19)34-35-29-22(4)37(31)30(38-29)36-33-21(3)26-20(2)32-28(24-13-9-6-10-14-24)27(26)23-11-7-5-8-12-23/h5-18,32H,31H2,1-4H3. The lowest BCUT2D eigenvalue weighted by Crippen LogP contribution is -2.23. The van der Waals surface area contributed by atoms with Gasteiger partial charge in [-0.05, 0) is 51.0 Å². The van der Waals surface area contributed by atoms with E-state index in [0.717, 1.165) is 50.7 Å². The zero-order valence-corrected chi connectivity index (χ0v) is 22.6. The molecule has 0 fully saturated rings. The molecule has 0 saturated carbocycles. The van der Waals surface area contributed by atoms with Crippen molar-refractivity contribution in [3.05, 3.63) is 112 Å². The summed E-state index contributed by atoms with van der Waals surface area (Å²) in [4.78, 5) is 4.13. The van der Waals surface area contributed by atoms with E-state index in [0.29, 0.717) is 9.80 Å². The van der Waals surface area contributed by atoms with Gasteiger partial charge in [0.25, 0.3) is 0 Å². The van der Waals surface area contributed by atoms with Crippen molar-refractivity contribution in [3.63, 3.8) is 0 Å². The van der Waals surface area contributed by atoms with Gasteiger partial charge in [0.1, 0.15) is 0 Å². The number of benzene rings is 3. The molecule has 0 aliphatic carbocycles. The van der Waals surface area contributed by atoms with E-state index in [2.05, 4.69) is 56.6 Å². The SMILES string of the molecule is CC(=NN=c1sc(N=Nc2ccc(C)cc2)c(C)n1N)c1c(C)[nH]c(-c2ccccc2)c1-c1ccccc1. The molecular weight excluding hydrogens is 490 g/mol. The Hall–Kier alpha value is -4.56. The summed E-state index contributed by atoms with van der Waals surface area (Å²) in [7, 11) is 0. The van der Waals surface area contributed by atoms with Gasteiger partial charge < -0.3 is 10.8 Å². The van der Waals surface area contributed by atoms with E-state index in [-0.39, 0.29) is 0 Å². The van der Waals surface area contributed by atoms with Crippen molar-refractivity contribution in [3.8, 4) is 22.4 Å². The van der Waals surface area contributed by atoms with Gasteiger partial charge in [-0.15, -0.1) is 15.3 Å². The van der Waals surface area contributed by atoms with Crippen molar-refractivity contribution in [1.82, 2.24) is 9.66 Å². The van der Waals surface area contributed by atoms with Crippen LogP contribution in [0.4, 0.5) is 10.7 Å². The number of hydrogen-bond donors (Lipinski definition) is 2. The first-order valence-electron chi connectivity index (χ1n) is 12.3. The predicted molar refractivity (Wildman–Crippen MR) is 157 cm³/mol. The van der Waals surface area contributed by atoms with Gasteiger partial charge in [0.15, 0.2) is 5.00 Å². The fraction of sp³-hybridized carbons (Fsp3) is 0.133. The van der Waals surface area contributed by atoms with E-state index in [9.17, 15) is 0 Å². The van der Waals surface area contributed by atoms with Crippen molar-refractivity contribution in [2.24, 2.45) is 20.4 Å². The Morgan fingerprint density at radius 2 is 1.45 bits per heavy atom. The number of hydrogen-bond acceptors (Lipinski definition) is 6. The van der Waals surface area contributed by atoms with Crippen LogP contribution in [-0.2, 0) is 0 Å². The molecule has 0 aliphatic heterocycles. The average molecular weight is 520 g/mol. The Morgan fingerprint density at radius 3 is 2.11 bits per heavy atom. The lowest BCUT2D eigenvalue weighted by molar-refractivity contribution is 0.881. The molecule has 2 heterocycles. The number of aryl methyl sites for hydroxylation is 2. The van der Waals surface area contributed by atoms with E-state index < -0.39 is 0 Å². The summed E-state index contributed by atoms with van der Waals surface area (Å²) in [6, 6.07) is 28.6. The molecule has 190 valence electrons. The Balaban J connectivity index is 1.55. The number of H-pyrrole nitrogens is 1. The third-order valence-corrected chi connectivity index (χ3v) is 7.35. The quantitative estimate of drug-likeness (QED) is 0.103. The molecule has 3 N–H and O–H groups in total. The maximum absolute atomic E-state index is 6.30. The van der Waals surface area contributed by atoms with Gasteiger partial charge in [0.05, 0.1) is 22.8 Å². The first-order chi connectivity index (χ1) is 18.4. The summed E-state index contributed by atoms with van der Waals surface area (Å²) in [5.74, 6) is 6.30. The molecule has 0 atom stereocenters. The third-order valence-electron chi connectivity index (χ3n) is 6.31. The third kappa shape index (κ3) is 5.12. The second-order valence-corrected chi connectivity index (χ2v) is 10.0. The van der Waals surface area contributed by atoms with Gasteiger partial charge in [-0.25, -0.2) is 4.68 Å². The van der Waals surface area contributed by atoms with Crippen molar-refractivity contribution in [2.45, 2.75) is 27.7 Å². The lowest BCUT2D eigenvalue weighted by atomic mass is 9.95. The van der Waals surface area contributed by atoms with Crippen LogP contribution in [0.2, 0.25) is 0 Å². The highest BCUT2D eigenvalue weighted by Gasteiger charge is 2.20. The topological polar surface area (TPSA) is 96.2 Å². The van der Waals surface area contributed by atoms with Gasteiger partial charge in [-0.1, -0.05) is 89.7 Å². The molecule has 3 aromatic carbocycles. The van der Waals surface area contributed by atoms with Crippen molar-refractivity contribution in [2.75, 3.05) is 5.84 Å². The van der Waals surface area contributed by atoms with Crippen LogP contribution in [0.3, 0.4) is 0 Å². The van der Waals surface area contributed by atoms with Crippen molar-refractivity contribution in [1.29, 1.82) is 0 Å². The van der Waals surface area contributed by atoms with Gasteiger partial charge in [-0.2, -0.15) is 5.10 Å². The first-order valence-corrected chi connectivity index (χ1v) is 13.1. The number of nitrogen functional groups attached to an aromatic ring is 1. The zero-order chi connectivity index (χ0) is 26.6. The number of nitrogens with two attached hydrogens (primary N) is 1. The molecule has 0 saturated heterocycles. The van der Waals surface area contributed by atoms with Crippen molar-refractivity contribution < 1.29 is 0 Å². The highest BCUT2D eigenvalue weighted by molar-refractivity contribution is 7.13. The summed E-state index contributed by atoms with van der Waals surface area (Å²) in [5.41, 5.74) is 9.94. The van der Waals surface area contributed by atoms with Gasteiger partial charge in [0.2, 0.25) is 4.80 Å². The van der Waals surface area contributed by atoms with Crippen LogP contribution in [0.15, 0.2) is 105 Å². The number of rotatable bonds is 6. The Bertz CT molecular complexity index is 1690. The fourth-order valence-corrected chi connectivity index (χ4v) is 5.11. The van der Waals surface area contributed by atoms with Crippen LogP contribution < -0.4 is 10.6 Å². The Morgan fingerprint density at radius 1 is 0.816 bits per heavy atom. The number of aromatic amines is 1. The molecule has 7 nitrogen and oxygen atoms in total. The van der Waals surface area contributed by atoms with Gasteiger partial charge in [0, 0.05) is 16.8 Å². The van der Waals surface area contributed by atoms with Crippen LogP contribution in [0.25, 0.3) is 22.4 Å². The summed E-state index contributed by atoms with van der Waals surface area (Å²) < 4.78 is 1.50. The number of aromatic nitrogens is 2. The van der Waals surface area contributed by atoms with Crippen LogP contribution in [-0.4, -0.2) is 15.4 Å². The second-order valence-electron chi connectivity index (χ2n) is 9.07. The van der Waals surface area contributed by atoms with E-state index in [1.54, 1.807) is 0 Å². The van der Waals surface area contributed by atoms with E-state index in [4.69, 9.17) is 5.84 Å². The molecular formula is C30H29N7S. The highest BCUT2D eigenvalue weighted by atomic mass is 32.1. The number of nitrogens with one attached hydrogen (secondary N) is 1. The van der Waals surface area contributed by atoms with Crippen molar-refractivity contribution >= 4 is 27.7 Å². The molecule has 8 heteroatoms. The predicted octanol–water partition coefficient (Wildman–Crippen LogP) is 7.59. The average Bonchev–Trinajstić information content (AvgIpc) is 3.43. The highest BCUT2D eigenvalue weighted by Crippen LogP contribution is 2.37. The van der Waals surface area contributed by atoms with Crippen LogP contribution in [0.1, 0.15) is 29.4 Å². The molecule has 5 aromatic rings. The van der Waals surface area contributed by atoms with Crippen LogP contribution >= 0.6 is 11.3 Å². The van der Waals surface area contributed by atoms with E-state index in [1.165, 1.54) is 21.6 Å². The van der Waals surface area contributed by atoms with E-state index in [1.807, 2.05) is 81.4 Å². The molecule has 0 amide bonds. The minimum absolute atomic E-state index is 0.539. The Kier molecular flexibility index (Phi) is 7.15. The molecule has 38 heavy (non-hydrogen) atoms. The largest absolute Gasteiger partial charge is 0.358 e. The molecule has 0 unspecified atom stereocenters. The van der Waals surface area contributed by atoms with E-state index >= 15 is 0 Å². The van der Waals surface area contributed by atoms with Gasteiger partial charge in [-0.3, -0.25) is 0 Å². The maximum Gasteiger partial charge on any atom is 0.231 e. The second kappa shape index (κ2) is 10.8. The van der Waals surface area contributed by atoms with Gasteiger partial charge >= 0.3 is 0 Å². The zero-order valence-electron chi connectivity index (χ0n) is 21.8. The Labute approximate surface area is 225 Å². The molecule has 2 aromatic heterocycles. The number of azo groups is 1.